The molecule has 1 aromatic heterocycles. The van der Waals surface area contributed by atoms with E-state index >= 15 is 0 Å². The molecule has 108 valence electrons. The van der Waals surface area contributed by atoms with E-state index in [1.165, 1.54) is 0 Å². The zero-order chi connectivity index (χ0) is 14.5. The molecule has 0 bridgehead atoms. The van der Waals surface area contributed by atoms with Crippen LogP contribution in [0.2, 0.25) is 0 Å². The van der Waals surface area contributed by atoms with E-state index in [0.717, 1.165) is 34.3 Å². The van der Waals surface area contributed by atoms with Crippen molar-refractivity contribution in [1.82, 2.24) is 10.3 Å². The number of aryl methyl sites for hydroxylation is 1. The van der Waals surface area contributed by atoms with Gasteiger partial charge in [0.25, 0.3) is 0 Å². The van der Waals surface area contributed by atoms with Crippen LogP contribution in [0.5, 0.6) is 11.5 Å². The van der Waals surface area contributed by atoms with Gasteiger partial charge in [0.15, 0.2) is 11.5 Å². The largest absolute Gasteiger partial charge is 0.493 e. The molecule has 0 radical (unpaired) electrons. The molecule has 0 amide bonds. The van der Waals surface area contributed by atoms with Crippen LogP contribution in [0, 0.1) is 6.92 Å². The molecule has 0 saturated heterocycles. The lowest BCUT2D eigenvalue weighted by Crippen LogP contribution is -2.18. The first-order chi connectivity index (χ1) is 9.63. The van der Waals surface area contributed by atoms with E-state index in [1.54, 1.807) is 25.6 Å². The number of nitrogens with one attached hydrogen (secondary N) is 1. The number of rotatable bonds is 6. The van der Waals surface area contributed by atoms with Gasteiger partial charge in [0.1, 0.15) is 0 Å². The first-order valence-electron chi connectivity index (χ1n) is 6.50. The zero-order valence-electron chi connectivity index (χ0n) is 12.3. The number of hydrogen-bond donors (Lipinski definition) is 1. The Hall–Kier alpha value is -1.59. The Kier molecular flexibility index (Phi) is 4.98. The van der Waals surface area contributed by atoms with Crippen LogP contribution in [0.1, 0.15) is 29.2 Å². The minimum atomic E-state index is 0.230. The van der Waals surface area contributed by atoms with E-state index in [1.807, 2.05) is 25.1 Å². The summed E-state index contributed by atoms with van der Waals surface area (Å²) in [6, 6.07) is 6.18. The lowest BCUT2D eigenvalue weighted by Gasteiger charge is -2.13. The molecule has 0 saturated carbocycles. The molecular formula is C15H20N2O2S. The van der Waals surface area contributed by atoms with Crippen LogP contribution < -0.4 is 14.8 Å². The standard InChI is InChI=1S/C15H20N2O2S/c1-10(13-9-20-11(2)17-13)16-8-12-5-6-14(18-3)15(7-12)19-4/h5-7,9-10,16H,8H2,1-4H3. The predicted octanol–water partition coefficient (Wildman–Crippen LogP) is 3.32. The molecule has 1 atom stereocenters. The molecule has 4 nitrogen and oxygen atoms in total. The molecular weight excluding hydrogens is 272 g/mol. The van der Waals surface area contributed by atoms with E-state index in [9.17, 15) is 0 Å². The van der Waals surface area contributed by atoms with Crippen molar-refractivity contribution < 1.29 is 9.47 Å². The number of nitrogens with zero attached hydrogens (tertiary/aromatic N) is 1. The number of hydrogen-bond acceptors (Lipinski definition) is 5. The van der Waals surface area contributed by atoms with Crippen LogP contribution in [0.4, 0.5) is 0 Å². The van der Waals surface area contributed by atoms with Gasteiger partial charge in [-0.05, 0) is 31.5 Å². The molecule has 2 aromatic rings. The Balaban J connectivity index is 2.00. The average Bonchev–Trinajstić information content (AvgIpc) is 2.91. The highest BCUT2D eigenvalue weighted by Gasteiger charge is 2.09. The molecule has 2 rings (SSSR count). The number of methoxy groups -OCH3 is 2. The van der Waals surface area contributed by atoms with Gasteiger partial charge < -0.3 is 14.8 Å². The molecule has 1 unspecified atom stereocenters. The molecule has 0 aliphatic heterocycles. The molecule has 0 spiro atoms. The van der Waals surface area contributed by atoms with E-state index < -0.39 is 0 Å². The maximum absolute atomic E-state index is 5.31. The number of ether oxygens (including phenoxy) is 2. The van der Waals surface area contributed by atoms with Crippen LogP contribution in [-0.2, 0) is 6.54 Å². The normalized spacial score (nSPS) is 12.2. The summed E-state index contributed by atoms with van der Waals surface area (Å²) in [6.07, 6.45) is 0. The highest BCUT2D eigenvalue weighted by molar-refractivity contribution is 7.09. The van der Waals surface area contributed by atoms with Crippen LogP contribution in [0.25, 0.3) is 0 Å². The average molecular weight is 292 g/mol. The van der Waals surface area contributed by atoms with Crippen molar-refractivity contribution in [2.75, 3.05) is 14.2 Å². The summed E-state index contributed by atoms with van der Waals surface area (Å²) in [5.74, 6) is 1.50. The summed E-state index contributed by atoms with van der Waals surface area (Å²) in [5.41, 5.74) is 2.24. The summed E-state index contributed by atoms with van der Waals surface area (Å²) in [7, 11) is 3.29. The second-order valence-corrected chi connectivity index (χ2v) is 5.65. The fraction of sp³-hybridized carbons (Fsp3) is 0.400. The summed E-state index contributed by atoms with van der Waals surface area (Å²) in [4.78, 5) is 4.50. The minimum absolute atomic E-state index is 0.230. The fourth-order valence-electron chi connectivity index (χ4n) is 1.95. The van der Waals surface area contributed by atoms with Crippen molar-refractivity contribution in [1.29, 1.82) is 0 Å². The first-order valence-corrected chi connectivity index (χ1v) is 7.38. The van der Waals surface area contributed by atoms with Gasteiger partial charge in [-0.15, -0.1) is 11.3 Å². The van der Waals surface area contributed by atoms with E-state index in [-0.39, 0.29) is 6.04 Å². The first kappa shape index (κ1) is 14.8. The molecule has 20 heavy (non-hydrogen) atoms. The Labute approximate surface area is 123 Å². The van der Waals surface area contributed by atoms with E-state index in [4.69, 9.17) is 9.47 Å². The highest BCUT2D eigenvalue weighted by atomic mass is 32.1. The third kappa shape index (κ3) is 3.49. The van der Waals surface area contributed by atoms with Crippen LogP contribution in [0.15, 0.2) is 23.6 Å². The third-order valence-electron chi connectivity index (χ3n) is 3.14. The Morgan fingerprint density at radius 1 is 1.25 bits per heavy atom. The third-order valence-corrected chi connectivity index (χ3v) is 3.93. The molecule has 0 fully saturated rings. The number of benzene rings is 1. The van der Waals surface area contributed by atoms with Crippen molar-refractivity contribution >= 4 is 11.3 Å². The van der Waals surface area contributed by atoms with Crippen molar-refractivity contribution in [2.24, 2.45) is 0 Å². The van der Waals surface area contributed by atoms with E-state index in [0.29, 0.717) is 0 Å². The van der Waals surface area contributed by atoms with Gasteiger partial charge in [-0.1, -0.05) is 6.07 Å². The van der Waals surface area contributed by atoms with Gasteiger partial charge >= 0.3 is 0 Å². The Bertz CT molecular complexity index is 569. The predicted molar refractivity (Wildman–Crippen MR) is 81.7 cm³/mol. The van der Waals surface area contributed by atoms with Gasteiger partial charge in [0.05, 0.1) is 24.9 Å². The SMILES string of the molecule is COc1ccc(CNC(C)c2csc(C)n2)cc1OC. The molecule has 0 aliphatic carbocycles. The molecule has 1 aromatic carbocycles. The van der Waals surface area contributed by atoms with Gasteiger partial charge in [-0.25, -0.2) is 4.98 Å². The van der Waals surface area contributed by atoms with Crippen LogP contribution in [0.3, 0.4) is 0 Å². The summed E-state index contributed by atoms with van der Waals surface area (Å²) < 4.78 is 10.5. The minimum Gasteiger partial charge on any atom is -0.493 e. The summed E-state index contributed by atoms with van der Waals surface area (Å²) >= 11 is 1.68. The quantitative estimate of drug-likeness (QED) is 0.887. The maximum Gasteiger partial charge on any atom is 0.161 e. The van der Waals surface area contributed by atoms with Gasteiger partial charge in [0, 0.05) is 18.0 Å². The van der Waals surface area contributed by atoms with Gasteiger partial charge in [-0.2, -0.15) is 0 Å². The molecule has 1 heterocycles. The molecule has 1 N–H and O–H groups in total. The maximum atomic E-state index is 5.31. The topological polar surface area (TPSA) is 43.4 Å². The Morgan fingerprint density at radius 2 is 2.00 bits per heavy atom. The van der Waals surface area contributed by atoms with Crippen molar-refractivity contribution in [2.45, 2.75) is 26.4 Å². The van der Waals surface area contributed by atoms with Crippen LogP contribution >= 0.6 is 11.3 Å². The van der Waals surface area contributed by atoms with Crippen molar-refractivity contribution in [3.05, 3.63) is 39.8 Å². The van der Waals surface area contributed by atoms with Crippen LogP contribution in [-0.4, -0.2) is 19.2 Å². The lowest BCUT2D eigenvalue weighted by atomic mass is 10.1. The number of thiazole rings is 1. The second kappa shape index (κ2) is 6.72. The van der Waals surface area contributed by atoms with Gasteiger partial charge in [0.2, 0.25) is 0 Å². The lowest BCUT2D eigenvalue weighted by molar-refractivity contribution is 0.354. The fourth-order valence-corrected chi connectivity index (χ4v) is 2.65. The molecule has 5 heteroatoms. The zero-order valence-corrected chi connectivity index (χ0v) is 13.1. The summed E-state index contributed by atoms with van der Waals surface area (Å²) in [6.45, 7) is 4.91. The van der Waals surface area contributed by atoms with Gasteiger partial charge in [-0.3, -0.25) is 0 Å². The Morgan fingerprint density at radius 3 is 2.60 bits per heavy atom. The smallest absolute Gasteiger partial charge is 0.161 e. The molecule has 0 aliphatic rings. The monoisotopic (exact) mass is 292 g/mol. The summed E-state index contributed by atoms with van der Waals surface area (Å²) in [5, 5.41) is 6.66. The highest BCUT2D eigenvalue weighted by Crippen LogP contribution is 2.27. The van der Waals surface area contributed by atoms with Crippen molar-refractivity contribution in [3.63, 3.8) is 0 Å². The van der Waals surface area contributed by atoms with Crippen molar-refractivity contribution in [3.8, 4) is 11.5 Å². The number of aromatic nitrogens is 1. The van der Waals surface area contributed by atoms with E-state index in [2.05, 4.69) is 22.6 Å². The second-order valence-electron chi connectivity index (χ2n) is 4.58.